The van der Waals surface area contributed by atoms with E-state index in [0.717, 1.165) is 31.0 Å². The first-order valence-corrected chi connectivity index (χ1v) is 7.01. The maximum Gasteiger partial charge on any atom is 0.191 e. The van der Waals surface area contributed by atoms with E-state index in [1.165, 1.54) is 0 Å². The molecule has 16 heavy (non-hydrogen) atoms. The van der Waals surface area contributed by atoms with Gasteiger partial charge in [-0.3, -0.25) is 0 Å². The summed E-state index contributed by atoms with van der Waals surface area (Å²) in [4.78, 5) is 6.71. The summed E-state index contributed by atoms with van der Waals surface area (Å²) < 4.78 is 0. The topological polar surface area (TPSA) is 61.9 Å². The minimum absolute atomic E-state index is 0.116. The van der Waals surface area contributed by atoms with E-state index in [9.17, 15) is 5.11 Å². The molecule has 1 aliphatic carbocycles. The van der Waals surface area contributed by atoms with E-state index in [4.69, 9.17) is 5.73 Å². The first-order valence-electron chi connectivity index (χ1n) is 5.86. The summed E-state index contributed by atoms with van der Waals surface area (Å²) in [5.74, 6) is 2.92. The molecule has 0 aromatic carbocycles. The first kappa shape index (κ1) is 12.0. The van der Waals surface area contributed by atoms with Gasteiger partial charge >= 0.3 is 0 Å². The minimum Gasteiger partial charge on any atom is -0.392 e. The van der Waals surface area contributed by atoms with Crippen molar-refractivity contribution in [1.82, 2.24) is 4.90 Å². The number of hydrogen-bond donors (Lipinski definition) is 2. The number of guanidine groups is 1. The molecule has 0 amide bonds. The molecule has 2 unspecified atom stereocenters. The van der Waals surface area contributed by atoms with Gasteiger partial charge in [0.2, 0.25) is 0 Å². The van der Waals surface area contributed by atoms with Crippen molar-refractivity contribution in [3.63, 3.8) is 0 Å². The lowest BCUT2D eigenvalue weighted by atomic mass is 9.65. The molecule has 4 nitrogen and oxygen atoms in total. The molecular formula is C11H21N3OS. The highest BCUT2D eigenvalue weighted by molar-refractivity contribution is 7.99. The van der Waals surface area contributed by atoms with E-state index in [1.54, 1.807) is 0 Å². The Hall–Kier alpha value is -0.420. The average molecular weight is 243 g/mol. The molecule has 1 saturated carbocycles. The second-order valence-electron chi connectivity index (χ2n) is 5.18. The number of aliphatic hydroxyl groups is 1. The van der Waals surface area contributed by atoms with Crippen molar-refractivity contribution in [2.75, 3.05) is 24.6 Å². The van der Waals surface area contributed by atoms with Crippen LogP contribution in [0.2, 0.25) is 0 Å². The number of rotatable bonds is 1. The summed E-state index contributed by atoms with van der Waals surface area (Å²) in [6.07, 6.45) is 0.516. The second kappa shape index (κ2) is 4.45. The quantitative estimate of drug-likeness (QED) is 0.520. The summed E-state index contributed by atoms with van der Waals surface area (Å²) in [5.41, 5.74) is 5.89. The van der Waals surface area contributed by atoms with Crippen LogP contribution in [0, 0.1) is 5.41 Å². The van der Waals surface area contributed by atoms with E-state index in [0.29, 0.717) is 5.96 Å². The van der Waals surface area contributed by atoms with Crippen LogP contribution in [0.3, 0.4) is 0 Å². The van der Waals surface area contributed by atoms with Gasteiger partial charge < -0.3 is 15.7 Å². The lowest BCUT2D eigenvalue weighted by Crippen LogP contribution is -2.54. The molecule has 2 aliphatic rings. The van der Waals surface area contributed by atoms with Crippen LogP contribution in [0.25, 0.3) is 0 Å². The highest BCUT2D eigenvalue weighted by atomic mass is 32.2. The van der Waals surface area contributed by atoms with Crippen molar-refractivity contribution in [2.45, 2.75) is 32.4 Å². The fourth-order valence-electron chi connectivity index (χ4n) is 2.13. The van der Waals surface area contributed by atoms with Gasteiger partial charge in [-0.15, -0.1) is 0 Å². The highest BCUT2D eigenvalue weighted by Gasteiger charge is 2.47. The lowest BCUT2D eigenvalue weighted by Gasteiger charge is -2.47. The molecular weight excluding hydrogens is 222 g/mol. The van der Waals surface area contributed by atoms with Crippen LogP contribution in [-0.2, 0) is 0 Å². The fraction of sp³-hybridized carbons (Fsp3) is 0.909. The van der Waals surface area contributed by atoms with Gasteiger partial charge in [0, 0.05) is 30.0 Å². The lowest BCUT2D eigenvalue weighted by molar-refractivity contribution is -0.0579. The molecule has 5 heteroatoms. The van der Waals surface area contributed by atoms with Crippen LogP contribution in [0.4, 0.5) is 0 Å². The molecule has 0 aromatic heterocycles. The molecule has 0 spiro atoms. The van der Waals surface area contributed by atoms with Crippen molar-refractivity contribution in [1.29, 1.82) is 0 Å². The SMILES string of the molecule is CC1(C)C(O)CC1N=C(N)N1CCSCC1. The van der Waals surface area contributed by atoms with E-state index < -0.39 is 0 Å². The molecule has 1 aliphatic heterocycles. The minimum atomic E-state index is -0.231. The standard InChI is InChI=1S/C11H21N3OS/c1-11(2)8(7-9(11)15)13-10(12)14-3-5-16-6-4-14/h8-9,15H,3-7H2,1-2H3,(H2,12,13). The van der Waals surface area contributed by atoms with Gasteiger partial charge in [-0.25, -0.2) is 4.99 Å². The summed E-state index contributed by atoms with van der Waals surface area (Å²) in [7, 11) is 0. The molecule has 3 N–H and O–H groups in total. The Labute approximate surface area is 101 Å². The van der Waals surface area contributed by atoms with Gasteiger partial charge in [-0.05, 0) is 6.42 Å². The zero-order valence-electron chi connectivity index (χ0n) is 10.0. The molecule has 1 heterocycles. The number of nitrogens with two attached hydrogens (primary N) is 1. The fourth-order valence-corrected chi connectivity index (χ4v) is 3.04. The normalized spacial score (nSPS) is 34.7. The zero-order valence-corrected chi connectivity index (χ0v) is 10.8. The number of aliphatic hydroxyl groups excluding tert-OH is 1. The van der Waals surface area contributed by atoms with Gasteiger partial charge in [-0.1, -0.05) is 13.8 Å². The monoisotopic (exact) mass is 243 g/mol. The van der Waals surface area contributed by atoms with Crippen molar-refractivity contribution >= 4 is 17.7 Å². The average Bonchev–Trinajstić information content (AvgIpc) is 2.29. The maximum absolute atomic E-state index is 9.64. The van der Waals surface area contributed by atoms with Gasteiger partial charge in [0.15, 0.2) is 5.96 Å². The van der Waals surface area contributed by atoms with Crippen LogP contribution < -0.4 is 5.73 Å². The molecule has 1 saturated heterocycles. The Morgan fingerprint density at radius 1 is 1.44 bits per heavy atom. The Morgan fingerprint density at radius 3 is 2.56 bits per heavy atom. The van der Waals surface area contributed by atoms with Gasteiger partial charge in [-0.2, -0.15) is 11.8 Å². The summed E-state index contributed by atoms with van der Waals surface area (Å²) in [6.45, 7) is 6.09. The second-order valence-corrected chi connectivity index (χ2v) is 6.40. The predicted molar refractivity (Wildman–Crippen MR) is 68.7 cm³/mol. The van der Waals surface area contributed by atoms with E-state index >= 15 is 0 Å². The Kier molecular flexibility index (Phi) is 3.35. The Bertz CT molecular complexity index is 287. The van der Waals surface area contributed by atoms with E-state index in [1.807, 2.05) is 11.8 Å². The Balaban J connectivity index is 1.96. The summed E-state index contributed by atoms with van der Waals surface area (Å²) in [5, 5.41) is 9.64. The molecule has 0 bridgehead atoms. The third-order valence-corrected chi connectivity index (χ3v) is 4.73. The Morgan fingerprint density at radius 2 is 2.06 bits per heavy atom. The molecule has 92 valence electrons. The van der Waals surface area contributed by atoms with Crippen molar-refractivity contribution in [3.05, 3.63) is 0 Å². The largest absolute Gasteiger partial charge is 0.392 e. The van der Waals surface area contributed by atoms with Crippen LogP contribution in [0.5, 0.6) is 0 Å². The number of nitrogens with zero attached hydrogens (tertiary/aromatic N) is 2. The predicted octanol–water partition coefficient (Wildman–Crippen LogP) is 0.509. The molecule has 2 atom stereocenters. The number of hydrogen-bond acceptors (Lipinski definition) is 3. The molecule has 2 rings (SSSR count). The maximum atomic E-state index is 9.64. The van der Waals surface area contributed by atoms with Crippen LogP contribution in [0.1, 0.15) is 20.3 Å². The van der Waals surface area contributed by atoms with Crippen LogP contribution >= 0.6 is 11.8 Å². The molecule has 2 fully saturated rings. The van der Waals surface area contributed by atoms with Crippen LogP contribution in [-0.4, -0.2) is 52.7 Å². The van der Waals surface area contributed by atoms with E-state index in [2.05, 4.69) is 23.7 Å². The first-order chi connectivity index (χ1) is 7.51. The summed E-state index contributed by atoms with van der Waals surface area (Å²) in [6, 6.07) is 0.178. The third-order valence-electron chi connectivity index (χ3n) is 3.79. The zero-order chi connectivity index (χ0) is 11.8. The molecule has 0 radical (unpaired) electrons. The third kappa shape index (κ3) is 2.15. The van der Waals surface area contributed by atoms with Crippen molar-refractivity contribution < 1.29 is 5.11 Å². The molecule has 0 aromatic rings. The smallest absolute Gasteiger partial charge is 0.191 e. The number of aliphatic imine (C=N–C) groups is 1. The highest BCUT2D eigenvalue weighted by Crippen LogP contribution is 2.42. The van der Waals surface area contributed by atoms with Gasteiger partial charge in [0.05, 0.1) is 12.1 Å². The van der Waals surface area contributed by atoms with Gasteiger partial charge in [0.25, 0.3) is 0 Å². The van der Waals surface area contributed by atoms with Gasteiger partial charge in [0.1, 0.15) is 0 Å². The summed E-state index contributed by atoms with van der Waals surface area (Å²) >= 11 is 1.96. The van der Waals surface area contributed by atoms with E-state index in [-0.39, 0.29) is 17.6 Å². The number of thioether (sulfide) groups is 1. The van der Waals surface area contributed by atoms with Crippen LogP contribution in [0.15, 0.2) is 4.99 Å². The van der Waals surface area contributed by atoms with Crippen molar-refractivity contribution in [2.24, 2.45) is 16.1 Å². The van der Waals surface area contributed by atoms with Crippen molar-refractivity contribution in [3.8, 4) is 0 Å².